The number of hydrogen-bond acceptors (Lipinski definition) is 7. The molecule has 0 radical (unpaired) electrons. The molecule has 0 N–H and O–H groups in total. The zero-order valence-corrected chi connectivity index (χ0v) is 14.3. The van der Waals surface area contributed by atoms with Gasteiger partial charge in [0.05, 0.1) is 12.2 Å². The highest BCUT2D eigenvalue weighted by Gasteiger charge is 2.30. The number of fused-ring (bicyclic) bond motifs is 1. The Morgan fingerprint density at radius 3 is 2.64 bits per heavy atom. The van der Waals surface area contributed by atoms with Gasteiger partial charge in [0.25, 0.3) is 0 Å². The van der Waals surface area contributed by atoms with Gasteiger partial charge in [-0.15, -0.1) is 20.4 Å². The molecule has 4 heterocycles. The Labute approximate surface area is 145 Å². The SMILES string of the molecule is Cc1ccc2nnc(C3CCN(Cc4nnc(C5CC5)o4)CC3)n2n1. The third-order valence-corrected chi connectivity index (χ3v) is 5.14. The molecule has 25 heavy (non-hydrogen) atoms. The first-order valence-electron chi connectivity index (χ1n) is 9.00. The Hall–Kier alpha value is -2.35. The number of rotatable bonds is 4. The maximum absolute atomic E-state index is 5.78. The Bertz CT molecular complexity index is 889. The van der Waals surface area contributed by atoms with Crippen molar-refractivity contribution in [3.63, 3.8) is 0 Å². The molecule has 0 atom stereocenters. The van der Waals surface area contributed by atoms with Crippen LogP contribution in [0.1, 0.15) is 60.8 Å². The van der Waals surface area contributed by atoms with Crippen molar-refractivity contribution in [3.05, 3.63) is 35.4 Å². The van der Waals surface area contributed by atoms with E-state index in [1.54, 1.807) is 0 Å². The summed E-state index contributed by atoms with van der Waals surface area (Å²) in [5.74, 6) is 3.45. The van der Waals surface area contributed by atoms with Gasteiger partial charge in [-0.25, -0.2) is 0 Å². The van der Waals surface area contributed by atoms with Crippen molar-refractivity contribution in [2.75, 3.05) is 13.1 Å². The second-order valence-electron chi connectivity index (χ2n) is 7.16. The summed E-state index contributed by atoms with van der Waals surface area (Å²) >= 11 is 0. The summed E-state index contributed by atoms with van der Waals surface area (Å²) in [6.45, 7) is 4.72. The third-order valence-electron chi connectivity index (χ3n) is 5.14. The molecule has 130 valence electrons. The fourth-order valence-electron chi connectivity index (χ4n) is 3.52. The lowest BCUT2D eigenvalue weighted by Crippen LogP contribution is -2.33. The standard InChI is InChI=1S/C17H21N7O/c1-11-2-5-14-18-20-16(24(14)22-11)12-6-8-23(9-7-12)10-15-19-21-17(25-15)13-3-4-13/h2,5,12-13H,3-4,6-10H2,1H3. The lowest BCUT2D eigenvalue weighted by atomic mass is 9.96. The number of hydrogen-bond donors (Lipinski definition) is 0. The van der Waals surface area contributed by atoms with Gasteiger partial charge >= 0.3 is 0 Å². The van der Waals surface area contributed by atoms with Crippen LogP contribution in [0.3, 0.4) is 0 Å². The van der Waals surface area contributed by atoms with E-state index in [9.17, 15) is 0 Å². The van der Waals surface area contributed by atoms with Gasteiger partial charge in [-0.2, -0.15) is 9.61 Å². The van der Waals surface area contributed by atoms with Crippen LogP contribution in [0.2, 0.25) is 0 Å². The highest BCUT2D eigenvalue weighted by atomic mass is 16.4. The van der Waals surface area contributed by atoms with Crippen LogP contribution in [-0.2, 0) is 6.54 Å². The van der Waals surface area contributed by atoms with Gasteiger partial charge in [0.1, 0.15) is 0 Å². The monoisotopic (exact) mass is 339 g/mol. The van der Waals surface area contributed by atoms with Gasteiger partial charge in [0.2, 0.25) is 11.8 Å². The Kier molecular flexibility index (Phi) is 3.51. The molecule has 2 fully saturated rings. The van der Waals surface area contributed by atoms with Crippen LogP contribution in [0, 0.1) is 6.92 Å². The van der Waals surface area contributed by atoms with Crippen LogP contribution in [-0.4, -0.2) is 48.0 Å². The zero-order valence-electron chi connectivity index (χ0n) is 14.3. The number of aromatic nitrogens is 6. The maximum Gasteiger partial charge on any atom is 0.230 e. The van der Waals surface area contributed by atoms with Crippen LogP contribution in [0.25, 0.3) is 5.65 Å². The van der Waals surface area contributed by atoms with Crippen LogP contribution in [0.4, 0.5) is 0 Å². The number of nitrogens with zero attached hydrogens (tertiary/aromatic N) is 7. The summed E-state index contributed by atoms with van der Waals surface area (Å²) in [6.07, 6.45) is 4.46. The molecule has 1 aliphatic carbocycles. The van der Waals surface area contributed by atoms with Crippen molar-refractivity contribution in [2.45, 2.75) is 51.0 Å². The predicted octanol–water partition coefficient (Wildman–Crippen LogP) is 2.07. The van der Waals surface area contributed by atoms with E-state index in [0.717, 1.165) is 61.4 Å². The average molecular weight is 339 g/mol. The first kappa shape index (κ1) is 14.9. The number of likely N-dealkylation sites (tertiary alicyclic amines) is 1. The minimum Gasteiger partial charge on any atom is -0.424 e. The van der Waals surface area contributed by atoms with E-state index in [1.807, 2.05) is 23.6 Å². The molecule has 0 amide bonds. The van der Waals surface area contributed by atoms with Crippen molar-refractivity contribution >= 4 is 5.65 Å². The van der Waals surface area contributed by atoms with E-state index in [-0.39, 0.29) is 0 Å². The van der Waals surface area contributed by atoms with Crippen molar-refractivity contribution in [1.29, 1.82) is 0 Å². The van der Waals surface area contributed by atoms with Gasteiger partial charge in [0.15, 0.2) is 11.5 Å². The molecule has 1 saturated heterocycles. The molecule has 1 aliphatic heterocycles. The molecule has 8 heteroatoms. The summed E-state index contributed by atoms with van der Waals surface area (Å²) < 4.78 is 7.68. The van der Waals surface area contributed by atoms with E-state index in [2.05, 4.69) is 30.4 Å². The quantitative estimate of drug-likeness (QED) is 0.719. The smallest absolute Gasteiger partial charge is 0.230 e. The highest BCUT2D eigenvalue weighted by Crippen LogP contribution is 2.39. The van der Waals surface area contributed by atoms with E-state index in [1.165, 1.54) is 12.8 Å². The van der Waals surface area contributed by atoms with Gasteiger partial charge < -0.3 is 4.42 Å². The van der Waals surface area contributed by atoms with Gasteiger partial charge in [-0.3, -0.25) is 4.90 Å². The van der Waals surface area contributed by atoms with E-state index < -0.39 is 0 Å². The topological polar surface area (TPSA) is 85.2 Å². The predicted molar refractivity (Wildman–Crippen MR) is 89.0 cm³/mol. The summed E-state index contributed by atoms with van der Waals surface area (Å²) in [6, 6.07) is 3.94. The molecule has 0 bridgehead atoms. The lowest BCUT2D eigenvalue weighted by molar-refractivity contribution is 0.183. The van der Waals surface area contributed by atoms with Gasteiger partial charge in [-0.1, -0.05) is 0 Å². The molecule has 5 rings (SSSR count). The molecular weight excluding hydrogens is 318 g/mol. The van der Waals surface area contributed by atoms with Crippen molar-refractivity contribution < 1.29 is 4.42 Å². The Morgan fingerprint density at radius 2 is 1.84 bits per heavy atom. The molecular formula is C17H21N7O. The first-order chi connectivity index (χ1) is 12.3. The number of piperidine rings is 1. The Balaban J connectivity index is 1.25. The average Bonchev–Trinajstić information content (AvgIpc) is 3.23. The molecule has 0 spiro atoms. The second kappa shape index (κ2) is 5.87. The van der Waals surface area contributed by atoms with E-state index in [0.29, 0.717) is 11.8 Å². The molecule has 3 aromatic heterocycles. The minimum atomic E-state index is 0.394. The third kappa shape index (κ3) is 2.90. The highest BCUT2D eigenvalue weighted by molar-refractivity contribution is 5.36. The van der Waals surface area contributed by atoms with Gasteiger partial charge in [-0.05, 0) is 57.8 Å². The van der Waals surface area contributed by atoms with Crippen molar-refractivity contribution in [2.24, 2.45) is 0 Å². The molecule has 0 aromatic carbocycles. The van der Waals surface area contributed by atoms with Crippen LogP contribution in [0.5, 0.6) is 0 Å². The Morgan fingerprint density at radius 1 is 1.00 bits per heavy atom. The van der Waals surface area contributed by atoms with Crippen LogP contribution >= 0.6 is 0 Å². The van der Waals surface area contributed by atoms with Crippen LogP contribution in [0.15, 0.2) is 16.5 Å². The van der Waals surface area contributed by atoms with Crippen molar-refractivity contribution in [1.82, 2.24) is 34.9 Å². The first-order valence-corrected chi connectivity index (χ1v) is 9.00. The molecule has 3 aromatic rings. The largest absolute Gasteiger partial charge is 0.424 e. The second-order valence-corrected chi connectivity index (χ2v) is 7.16. The summed E-state index contributed by atoms with van der Waals surface area (Å²) in [5.41, 5.74) is 1.80. The summed E-state index contributed by atoms with van der Waals surface area (Å²) in [5, 5.41) is 21.6. The molecule has 8 nitrogen and oxygen atoms in total. The van der Waals surface area contributed by atoms with Crippen LogP contribution < -0.4 is 0 Å². The lowest BCUT2D eigenvalue weighted by Gasteiger charge is -2.29. The molecule has 1 saturated carbocycles. The fraction of sp³-hybridized carbons (Fsp3) is 0.588. The maximum atomic E-state index is 5.78. The van der Waals surface area contributed by atoms with E-state index in [4.69, 9.17) is 4.42 Å². The van der Waals surface area contributed by atoms with E-state index >= 15 is 0 Å². The van der Waals surface area contributed by atoms with Gasteiger partial charge in [0, 0.05) is 11.8 Å². The summed E-state index contributed by atoms with van der Waals surface area (Å²) in [4.78, 5) is 2.38. The summed E-state index contributed by atoms with van der Waals surface area (Å²) in [7, 11) is 0. The fourth-order valence-corrected chi connectivity index (χ4v) is 3.52. The van der Waals surface area contributed by atoms with Crippen molar-refractivity contribution in [3.8, 4) is 0 Å². The molecule has 0 unspecified atom stereocenters. The molecule has 2 aliphatic rings. The normalized spacial score (nSPS) is 19.7. The minimum absolute atomic E-state index is 0.394. The number of aryl methyl sites for hydroxylation is 1. The zero-order chi connectivity index (χ0) is 16.8.